The number of nitrogens with one attached hydrogen (secondary N) is 1. The fourth-order valence-corrected chi connectivity index (χ4v) is 1.93. The van der Waals surface area contributed by atoms with E-state index in [0.717, 1.165) is 42.5 Å². The Morgan fingerprint density at radius 3 is 2.42 bits per heavy atom. The van der Waals surface area contributed by atoms with E-state index in [1.165, 1.54) is 6.42 Å². The lowest BCUT2D eigenvalue weighted by Gasteiger charge is -2.28. The van der Waals surface area contributed by atoms with E-state index in [1.54, 1.807) is 0 Å². The highest BCUT2D eigenvalue weighted by molar-refractivity contribution is 5.49. The first-order chi connectivity index (χ1) is 8.91. The maximum absolute atomic E-state index is 6.01. The largest absolute Gasteiger partial charge is 0.474 e. The van der Waals surface area contributed by atoms with Gasteiger partial charge in [0.1, 0.15) is 17.7 Å². The molecule has 0 aliphatic heterocycles. The van der Waals surface area contributed by atoms with E-state index >= 15 is 0 Å². The van der Waals surface area contributed by atoms with Crippen molar-refractivity contribution in [3.63, 3.8) is 0 Å². The molecule has 0 radical (unpaired) electrons. The lowest BCUT2D eigenvalue weighted by atomic mass is 9.95. The standard InChI is InChI=1S/C15H25N3O/c1-6-16-12-10(2)13(19-11-8-7-9-11)18-14(17-12)15(3,4)5/h11H,6-9H2,1-5H3,(H,16,17,18). The van der Waals surface area contributed by atoms with Gasteiger partial charge in [-0.2, -0.15) is 4.98 Å². The SMILES string of the molecule is CCNc1nc(C(C)(C)C)nc(OC2CCC2)c1C. The summed E-state index contributed by atoms with van der Waals surface area (Å²) in [6, 6.07) is 0. The number of hydrogen-bond donors (Lipinski definition) is 1. The van der Waals surface area contributed by atoms with E-state index < -0.39 is 0 Å². The van der Waals surface area contributed by atoms with Crippen LogP contribution in [0.4, 0.5) is 5.82 Å². The summed E-state index contributed by atoms with van der Waals surface area (Å²) in [5.74, 6) is 2.49. The van der Waals surface area contributed by atoms with Crippen LogP contribution in [0.25, 0.3) is 0 Å². The van der Waals surface area contributed by atoms with Gasteiger partial charge >= 0.3 is 0 Å². The van der Waals surface area contributed by atoms with Crippen LogP contribution in [0.2, 0.25) is 0 Å². The van der Waals surface area contributed by atoms with Crippen molar-refractivity contribution in [1.82, 2.24) is 9.97 Å². The lowest BCUT2D eigenvalue weighted by molar-refractivity contribution is 0.113. The molecule has 0 spiro atoms. The lowest BCUT2D eigenvalue weighted by Crippen LogP contribution is -2.27. The maximum atomic E-state index is 6.01. The average Bonchev–Trinajstić information content (AvgIpc) is 2.26. The third-order valence-electron chi connectivity index (χ3n) is 3.45. The van der Waals surface area contributed by atoms with Crippen molar-refractivity contribution in [3.05, 3.63) is 11.4 Å². The second kappa shape index (κ2) is 5.35. The molecule has 0 bridgehead atoms. The number of ether oxygens (including phenoxy) is 1. The van der Waals surface area contributed by atoms with E-state index in [2.05, 4.69) is 43.0 Å². The van der Waals surface area contributed by atoms with Crippen LogP contribution in [-0.2, 0) is 5.41 Å². The molecule has 2 rings (SSSR count). The molecular formula is C15H25N3O. The molecule has 0 saturated heterocycles. The summed E-state index contributed by atoms with van der Waals surface area (Å²) in [5, 5.41) is 3.31. The summed E-state index contributed by atoms with van der Waals surface area (Å²) in [7, 11) is 0. The molecule has 106 valence electrons. The van der Waals surface area contributed by atoms with Gasteiger partial charge in [-0.05, 0) is 33.1 Å². The van der Waals surface area contributed by atoms with Gasteiger partial charge in [0.15, 0.2) is 0 Å². The number of anilines is 1. The van der Waals surface area contributed by atoms with Gasteiger partial charge in [-0.25, -0.2) is 4.98 Å². The summed E-state index contributed by atoms with van der Waals surface area (Å²) in [5.41, 5.74) is 0.942. The van der Waals surface area contributed by atoms with Crippen LogP contribution in [0.5, 0.6) is 5.88 Å². The number of rotatable bonds is 4. The van der Waals surface area contributed by atoms with Crippen LogP contribution < -0.4 is 10.1 Å². The third kappa shape index (κ3) is 3.17. The van der Waals surface area contributed by atoms with Gasteiger partial charge in [-0.3, -0.25) is 0 Å². The molecule has 1 saturated carbocycles. The van der Waals surface area contributed by atoms with Crippen LogP contribution in [-0.4, -0.2) is 22.6 Å². The second-order valence-corrected chi connectivity index (χ2v) is 6.28. The van der Waals surface area contributed by atoms with Gasteiger partial charge in [-0.1, -0.05) is 20.8 Å². The molecular weight excluding hydrogens is 238 g/mol. The molecule has 0 unspecified atom stereocenters. The minimum Gasteiger partial charge on any atom is -0.474 e. The predicted octanol–water partition coefficient (Wildman–Crippen LogP) is 3.45. The monoisotopic (exact) mass is 263 g/mol. The highest BCUT2D eigenvalue weighted by atomic mass is 16.5. The van der Waals surface area contributed by atoms with Crippen molar-refractivity contribution < 1.29 is 4.74 Å². The molecule has 0 amide bonds. The van der Waals surface area contributed by atoms with Crippen LogP contribution in [0.3, 0.4) is 0 Å². The summed E-state index contributed by atoms with van der Waals surface area (Å²) in [6.07, 6.45) is 3.90. The Kier molecular flexibility index (Phi) is 3.97. The van der Waals surface area contributed by atoms with Gasteiger partial charge < -0.3 is 10.1 Å². The smallest absolute Gasteiger partial charge is 0.222 e. The van der Waals surface area contributed by atoms with Crippen molar-refractivity contribution in [1.29, 1.82) is 0 Å². The molecule has 19 heavy (non-hydrogen) atoms. The Morgan fingerprint density at radius 1 is 1.26 bits per heavy atom. The van der Waals surface area contributed by atoms with Gasteiger partial charge in [0.05, 0.1) is 5.56 Å². The fourth-order valence-electron chi connectivity index (χ4n) is 1.93. The zero-order valence-corrected chi connectivity index (χ0v) is 12.7. The Hall–Kier alpha value is -1.32. The van der Waals surface area contributed by atoms with E-state index in [0.29, 0.717) is 6.10 Å². The van der Waals surface area contributed by atoms with E-state index in [4.69, 9.17) is 4.74 Å². The van der Waals surface area contributed by atoms with E-state index in [9.17, 15) is 0 Å². The first-order valence-corrected chi connectivity index (χ1v) is 7.21. The van der Waals surface area contributed by atoms with Crippen molar-refractivity contribution in [2.24, 2.45) is 0 Å². The van der Waals surface area contributed by atoms with Crippen LogP contribution in [0.1, 0.15) is 58.3 Å². The summed E-state index contributed by atoms with van der Waals surface area (Å²) < 4.78 is 6.01. The van der Waals surface area contributed by atoms with Crippen LogP contribution >= 0.6 is 0 Å². The average molecular weight is 263 g/mol. The minimum atomic E-state index is -0.0738. The predicted molar refractivity (Wildman–Crippen MR) is 77.9 cm³/mol. The third-order valence-corrected chi connectivity index (χ3v) is 3.45. The van der Waals surface area contributed by atoms with Crippen molar-refractivity contribution >= 4 is 5.82 Å². The molecule has 0 aromatic carbocycles. The van der Waals surface area contributed by atoms with E-state index in [-0.39, 0.29) is 5.41 Å². The molecule has 0 atom stereocenters. The van der Waals surface area contributed by atoms with Gasteiger partial charge in [-0.15, -0.1) is 0 Å². The van der Waals surface area contributed by atoms with Crippen molar-refractivity contribution in [2.75, 3.05) is 11.9 Å². The Morgan fingerprint density at radius 2 is 1.95 bits per heavy atom. The van der Waals surface area contributed by atoms with Crippen LogP contribution in [0.15, 0.2) is 0 Å². The summed E-state index contributed by atoms with van der Waals surface area (Å²) >= 11 is 0. The molecule has 1 aromatic rings. The topological polar surface area (TPSA) is 47.0 Å². The molecule has 1 aromatic heterocycles. The molecule has 4 heteroatoms. The number of nitrogens with zero attached hydrogens (tertiary/aromatic N) is 2. The van der Waals surface area contributed by atoms with Gasteiger partial charge in [0.2, 0.25) is 5.88 Å². The van der Waals surface area contributed by atoms with Crippen molar-refractivity contribution in [3.8, 4) is 5.88 Å². The summed E-state index contributed by atoms with van der Waals surface area (Å²) in [4.78, 5) is 9.28. The summed E-state index contributed by atoms with van der Waals surface area (Å²) in [6.45, 7) is 11.3. The first-order valence-electron chi connectivity index (χ1n) is 7.21. The van der Waals surface area contributed by atoms with E-state index in [1.807, 2.05) is 6.92 Å². The fraction of sp³-hybridized carbons (Fsp3) is 0.733. The Labute approximate surface area is 116 Å². The zero-order valence-electron chi connectivity index (χ0n) is 12.7. The normalized spacial score (nSPS) is 16.1. The molecule has 4 nitrogen and oxygen atoms in total. The number of aromatic nitrogens is 2. The second-order valence-electron chi connectivity index (χ2n) is 6.28. The first kappa shape index (κ1) is 14.1. The molecule has 1 N–H and O–H groups in total. The molecule has 1 heterocycles. The molecule has 1 aliphatic rings. The van der Waals surface area contributed by atoms with Gasteiger partial charge in [0.25, 0.3) is 0 Å². The zero-order chi connectivity index (χ0) is 14.0. The highest BCUT2D eigenvalue weighted by Crippen LogP contribution is 2.31. The Bertz CT molecular complexity index is 447. The minimum absolute atomic E-state index is 0.0738. The molecule has 1 aliphatic carbocycles. The maximum Gasteiger partial charge on any atom is 0.222 e. The van der Waals surface area contributed by atoms with Gasteiger partial charge in [0, 0.05) is 12.0 Å². The highest BCUT2D eigenvalue weighted by Gasteiger charge is 2.25. The van der Waals surface area contributed by atoms with Crippen molar-refractivity contribution in [2.45, 2.75) is 65.4 Å². The molecule has 1 fully saturated rings. The number of hydrogen-bond acceptors (Lipinski definition) is 4. The van der Waals surface area contributed by atoms with Crippen LogP contribution in [0, 0.1) is 6.92 Å². The quantitative estimate of drug-likeness (QED) is 0.904. The Balaban J connectivity index is 2.35.